The fourth-order valence-corrected chi connectivity index (χ4v) is 1.47. The van der Waals surface area contributed by atoms with Crippen molar-refractivity contribution in [1.29, 1.82) is 0 Å². The third-order valence-electron chi connectivity index (χ3n) is 1.94. The smallest absolute Gasteiger partial charge is 0.211 e. The number of hydrogen-bond donors (Lipinski definition) is 0. The van der Waals surface area contributed by atoms with Crippen molar-refractivity contribution in [2.24, 2.45) is 0 Å². The lowest BCUT2D eigenvalue weighted by molar-refractivity contribution is -0.0436. The van der Waals surface area contributed by atoms with Gasteiger partial charge in [-0.25, -0.2) is 4.68 Å². The van der Waals surface area contributed by atoms with Crippen LogP contribution in [0.1, 0.15) is 13.8 Å². The summed E-state index contributed by atoms with van der Waals surface area (Å²) in [6.45, 7) is 5.47. The van der Waals surface area contributed by atoms with Gasteiger partial charge in [-0.2, -0.15) is 5.10 Å². The molecule has 0 saturated heterocycles. The molecule has 4 heteroatoms. The van der Waals surface area contributed by atoms with Gasteiger partial charge in [-0.1, -0.05) is 0 Å². The molecule has 13 heavy (non-hydrogen) atoms. The zero-order valence-corrected chi connectivity index (χ0v) is 7.93. The van der Waals surface area contributed by atoms with E-state index in [9.17, 15) is 0 Å². The molecule has 0 saturated carbocycles. The van der Waals surface area contributed by atoms with Crippen LogP contribution in [0.4, 0.5) is 0 Å². The van der Waals surface area contributed by atoms with Crippen molar-refractivity contribution in [3.05, 3.63) is 12.3 Å². The lowest BCUT2D eigenvalue weighted by Gasteiger charge is -2.25. The average Bonchev–Trinajstić information content (AvgIpc) is 2.49. The van der Waals surface area contributed by atoms with Gasteiger partial charge in [0.2, 0.25) is 5.88 Å². The summed E-state index contributed by atoms with van der Waals surface area (Å²) in [4.78, 5) is 0. The van der Waals surface area contributed by atoms with E-state index in [4.69, 9.17) is 9.47 Å². The van der Waals surface area contributed by atoms with E-state index in [1.807, 2.05) is 24.6 Å². The quantitative estimate of drug-likeness (QED) is 0.686. The molecule has 72 valence electrons. The summed E-state index contributed by atoms with van der Waals surface area (Å²) in [6.07, 6.45) is 2.12. The molecule has 1 aromatic heterocycles. The fourth-order valence-electron chi connectivity index (χ4n) is 1.47. The molecule has 1 aliphatic heterocycles. The van der Waals surface area contributed by atoms with Crippen LogP contribution in [0.15, 0.2) is 12.3 Å². The van der Waals surface area contributed by atoms with Crippen LogP contribution in [-0.2, 0) is 11.3 Å². The van der Waals surface area contributed by atoms with Crippen molar-refractivity contribution in [2.75, 3.05) is 6.61 Å². The molecule has 2 heterocycles. The van der Waals surface area contributed by atoms with Gasteiger partial charge in [0, 0.05) is 6.07 Å². The lowest BCUT2D eigenvalue weighted by Crippen LogP contribution is -2.34. The van der Waals surface area contributed by atoms with Crippen LogP contribution in [0, 0.1) is 0 Å². The van der Waals surface area contributed by atoms with Crippen LogP contribution >= 0.6 is 0 Å². The maximum absolute atomic E-state index is 5.63. The highest BCUT2D eigenvalue weighted by Crippen LogP contribution is 2.17. The summed E-state index contributed by atoms with van der Waals surface area (Å²) < 4.78 is 12.9. The zero-order valence-electron chi connectivity index (χ0n) is 7.93. The average molecular weight is 182 g/mol. The molecule has 2 rings (SSSR count). The Labute approximate surface area is 77.4 Å². The Kier molecular flexibility index (Phi) is 2.22. The van der Waals surface area contributed by atoms with Crippen LogP contribution in [0.5, 0.6) is 5.88 Å². The third kappa shape index (κ3) is 1.83. The summed E-state index contributed by atoms with van der Waals surface area (Å²) in [5.74, 6) is 0.837. The summed E-state index contributed by atoms with van der Waals surface area (Å²) in [5.41, 5.74) is 0. The first-order valence-corrected chi connectivity index (χ1v) is 4.56. The molecule has 0 N–H and O–H groups in total. The minimum atomic E-state index is 0.132. The van der Waals surface area contributed by atoms with Gasteiger partial charge in [0.25, 0.3) is 0 Å². The monoisotopic (exact) mass is 182 g/mol. The van der Waals surface area contributed by atoms with Crippen molar-refractivity contribution in [3.63, 3.8) is 0 Å². The normalized spacial score (nSPS) is 21.3. The van der Waals surface area contributed by atoms with E-state index in [1.54, 1.807) is 6.20 Å². The van der Waals surface area contributed by atoms with Crippen LogP contribution in [0.2, 0.25) is 0 Å². The van der Waals surface area contributed by atoms with Gasteiger partial charge < -0.3 is 9.47 Å². The predicted octanol–water partition coefficient (Wildman–Crippen LogP) is 1.07. The molecular formula is C9H14N2O2. The first kappa shape index (κ1) is 8.56. The molecule has 0 bridgehead atoms. The SMILES string of the molecule is CC(C)OC1COc2ccnn2C1. The summed E-state index contributed by atoms with van der Waals surface area (Å²) in [6, 6.07) is 1.87. The minimum absolute atomic E-state index is 0.132. The Morgan fingerprint density at radius 3 is 3.31 bits per heavy atom. The van der Waals surface area contributed by atoms with E-state index >= 15 is 0 Å². The molecule has 1 aliphatic rings. The molecule has 0 fully saturated rings. The number of nitrogens with zero attached hydrogens (tertiary/aromatic N) is 2. The second-order valence-corrected chi connectivity index (χ2v) is 3.47. The molecule has 0 amide bonds. The van der Waals surface area contributed by atoms with Crippen molar-refractivity contribution in [3.8, 4) is 5.88 Å². The highest BCUT2D eigenvalue weighted by atomic mass is 16.5. The van der Waals surface area contributed by atoms with E-state index in [1.165, 1.54) is 0 Å². The Bertz CT molecular complexity index is 283. The lowest BCUT2D eigenvalue weighted by atomic mass is 10.3. The van der Waals surface area contributed by atoms with Crippen molar-refractivity contribution in [1.82, 2.24) is 9.78 Å². The van der Waals surface area contributed by atoms with E-state index in [0.29, 0.717) is 6.61 Å². The molecule has 0 aromatic carbocycles. The van der Waals surface area contributed by atoms with Crippen LogP contribution in [-0.4, -0.2) is 28.6 Å². The summed E-state index contributed by atoms with van der Waals surface area (Å²) in [5, 5.41) is 4.13. The number of ether oxygens (including phenoxy) is 2. The van der Waals surface area contributed by atoms with Gasteiger partial charge in [0.15, 0.2) is 0 Å². The largest absolute Gasteiger partial charge is 0.475 e. The Morgan fingerprint density at radius 2 is 2.54 bits per heavy atom. The van der Waals surface area contributed by atoms with Gasteiger partial charge in [0.1, 0.15) is 12.7 Å². The topological polar surface area (TPSA) is 36.3 Å². The Balaban J connectivity index is 2.00. The van der Waals surface area contributed by atoms with Crippen molar-refractivity contribution >= 4 is 0 Å². The van der Waals surface area contributed by atoms with E-state index in [2.05, 4.69) is 5.10 Å². The Hall–Kier alpha value is -1.03. The third-order valence-corrected chi connectivity index (χ3v) is 1.94. The number of rotatable bonds is 2. The maximum Gasteiger partial charge on any atom is 0.211 e. The van der Waals surface area contributed by atoms with Crippen molar-refractivity contribution < 1.29 is 9.47 Å². The highest BCUT2D eigenvalue weighted by Gasteiger charge is 2.20. The van der Waals surface area contributed by atoms with Gasteiger partial charge in [-0.3, -0.25) is 0 Å². The predicted molar refractivity (Wildman–Crippen MR) is 47.7 cm³/mol. The number of aromatic nitrogens is 2. The van der Waals surface area contributed by atoms with Crippen LogP contribution in [0.3, 0.4) is 0 Å². The molecule has 1 aromatic rings. The van der Waals surface area contributed by atoms with E-state index < -0.39 is 0 Å². The summed E-state index contributed by atoms with van der Waals surface area (Å²) in [7, 11) is 0. The molecule has 0 radical (unpaired) electrons. The van der Waals surface area contributed by atoms with Crippen LogP contribution < -0.4 is 4.74 Å². The van der Waals surface area contributed by atoms with Gasteiger partial charge >= 0.3 is 0 Å². The first-order valence-electron chi connectivity index (χ1n) is 4.56. The summed E-state index contributed by atoms with van der Waals surface area (Å²) >= 11 is 0. The molecule has 1 atom stereocenters. The standard InChI is InChI=1S/C9H14N2O2/c1-7(2)13-8-5-11-9(12-6-8)3-4-10-11/h3-4,7-8H,5-6H2,1-2H3. The minimum Gasteiger partial charge on any atom is -0.475 e. The number of hydrogen-bond acceptors (Lipinski definition) is 3. The second-order valence-electron chi connectivity index (χ2n) is 3.47. The molecule has 4 nitrogen and oxygen atoms in total. The van der Waals surface area contributed by atoms with Gasteiger partial charge in [0.05, 0.1) is 18.8 Å². The van der Waals surface area contributed by atoms with Crippen LogP contribution in [0.25, 0.3) is 0 Å². The van der Waals surface area contributed by atoms with E-state index in [-0.39, 0.29) is 12.2 Å². The van der Waals surface area contributed by atoms with Crippen molar-refractivity contribution in [2.45, 2.75) is 32.6 Å². The van der Waals surface area contributed by atoms with E-state index in [0.717, 1.165) is 12.4 Å². The second kappa shape index (κ2) is 3.38. The molecule has 0 aliphatic carbocycles. The Morgan fingerprint density at radius 1 is 1.69 bits per heavy atom. The number of fused-ring (bicyclic) bond motifs is 1. The fraction of sp³-hybridized carbons (Fsp3) is 0.667. The van der Waals surface area contributed by atoms with Gasteiger partial charge in [-0.05, 0) is 13.8 Å². The molecule has 0 spiro atoms. The molecule has 1 unspecified atom stereocenters. The van der Waals surface area contributed by atoms with Gasteiger partial charge in [-0.15, -0.1) is 0 Å². The molecular weight excluding hydrogens is 168 g/mol. The first-order chi connectivity index (χ1) is 6.25. The highest BCUT2D eigenvalue weighted by molar-refractivity contribution is 5.09. The zero-order chi connectivity index (χ0) is 9.26. The maximum atomic E-state index is 5.63.